The monoisotopic (exact) mass is 143 g/mol. The molecule has 29 valence electrons. The minimum Gasteiger partial charge on any atom is -0.147 e. The molecule has 0 amide bonds. The van der Waals surface area contributed by atoms with Crippen LogP contribution in [0.1, 0.15) is 13.3 Å². The predicted octanol–water partition coefficient (Wildman–Crippen LogP) is 1.78. The molecule has 0 nitrogen and oxygen atoms in total. The third-order valence-electron chi connectivity index (χ3n) is 0.354. The van der Waals surface area contributed by atoms with Gasteiger partial charge < -0.3 is 0 Å². The van der Waals surface area contributed by atoms with Crippen LogP contribution in [-0.2, 0) is 18.3 Å². The fourth-order valence-electron chi connectivity index (χ4n) is 0. The van der Waals surface area contributed by atoms with Gasteiger partial charge in [0.2, 0.25) is 0 Å². The van der Waals surface area contributed by atoms with Gasteiger partial charge in [-0.15, -0.1) is 12.4 Å². The maximum atomic E-state index is 2.21. The average molecular weight is 145 g/mol. The first-order valence-corrected chi connectivity index (χ1v) is 3.81. The molecule has 0 heterocycles. The van der Waals surface area contributed by atoms with Crippen molar-refractivity contribution >= 4 is 12.4 Å². The van der Waals surface area contributed by atoms with Crippen molar-refractivity contribution < 1.29 is 18.3 Å². The van der Waals surface area contributed by atoms with Crippen LogP contribution in [0, 0.1) is 0 Å². The van der Waals surface area contributed by atoms with Crippen LogP contribution in [0.2, 0.25) is 5.02 Å². The largest absolute Gasteiger partial charge is 0.147 e. The summed E-state index contributed by atoms with van der Waals surface area (Å²) in [6.07, 6.45) is 1.38. The van der Waals surface area contributed by atoms with Gasteiger partial charge in [-0.25, -0.2) is 0 Å². The number of hydrogen-bond acceptors (Lipinski definition) is 0. The molecule has 0 aromatic carbocycles. The van der Waals surface area contributed by atoms with Crippen LogP contribution in [-0.4, -0.2) is 0 Å². The van der Waals surface area contributed by atoms with Crippen molar-refractivity contribution in [3.8, 4) is 0 Å². The average Bonchev–Trinajstić information content (AvgIpc) is 1.37. The Labute approximate surface area is 49.4 Å². The standard InChI is InChI=1S/C3H7.ClH.Zn/c1-3-2;;/h1,3H2,2H3;1H;. The molecular weight excluding hydrogens is 137 g/mol. The quantitative estimate of drug-likeness (QED) is 0.493. The van der Waals surface area contributed by atoms with Crippen LogP contribution in [0.3, 0.4) is 0 Å². The van der Waals surface area contributed by atoms with E-state index in [0.717, 1.165) is 0 Å². The molecule has 0 aliphatic rings. The maximum absolute atomic E-state index is 2.21. The van der Waals surface area contributed by atoms with Crippen molar-refractivity contribution in [3.05, 3.63) is 0 Å². The smallest absolute Gasteiger partial charge is 0.147 e. The van der Waals surface area contributed by atoms with Gasteiger partial charge in [-0.2, -0.15) is 0 Å². The first-order chi connectivity index (χ1) is 1.91. The van der Waals surface area contributed by atoms with Crippen LogP contribution < -0.4 is 0 Å². The van der Waals surface area contributed by atoms with E-state index in [-0.39, 0.29) is 12.4 Å². The molecule has 0 aromatic rings. The Morgan fingerprint density at radius 3 is 1.80 bits per heavy atom. The predicted molar refractivity (Wildman–Crippen MR) is 22.3 cm³/mol. The topological polar surface area (TPSA) is 0 Å². The van der Waals surface area contributed by atoms with E-state index < -0.39 is 0 Å². The van der Waals surface area contributed by atoms with Gasteiger partial charge in [-0.05, 0) is 0 Å². The first-order valence-electron chi connectivity index (χ1n) is 1.71. The summed E-state index contributed by atoms with van der Waals surface area (Å²) in [5, 5.41) is 1.44. The summed E-state index contributed by atoms with van der Waals surface area (Å²) in [5.74, 6) is 0. The zero-order valence-corrected chi connectivity index (χ0v) is 7.31. The summed E-state index contributed by atoms with van der Waals surface area (Å²) in [4.78, 5) is 0. The van der Waals surface area contributed by atoms with Gasteiger partial charge in [0.05, 0.1) is 0 Å². The Hall–Kier alpha value is 0.913. The zero-order chi connectivity index (χ0) is 3.41. The molecule has 0 bridgehead atoms. The van der Waals surface area contributed by atoms with E-state index in [0.29, 0.717) is 0 Å². The molecule has 0 aliphatic carbocycles. The first kappa shape index (κ1) is 9.32. The summed E-state index contributed by atoms with van der Waals surface area (Å²) in [7, 11) is 0. The Bertz CT molecular complexity index is 8.85. The maximum Gasteiger partial charge on any atom is -0.147 e. The van der Waals surface area contributed by atoms with Gasteiger partial charge in [-0.3, -0.25) is 0 Å². The Morgan fingerprint density at radius 2 is 1.80 bits per heavy atom. The molecule has 0 saturated heterocycles. The minimum absolute atomic E-state index is 0. The van der Waals surface area contributed by atoms with E-state index in [9.17, 15) is 0 Å². The van der Waals surface area contributed by atoms with Crippen molar-refractivity contribution in [1.29, 1.82) is 0 Å². The van der Waals surface area contributed by atoms with Gasteiger partial charge in [0.1, 0.15) is 0 Å². The second-order valence-electron chi connectivity index (χ2n) is 0.854. The molecule has 2 heteroatoms. The van der Waals surface area contributed by atoms with Gasteiger partial charge in [0.15, 0.2) is 0 Å². The van der Waals surface area contributed by atoms with E-state index >= 15 is 0 Å². The normalized spacial score (nSPS) is 6.20. The molecule has 0 unspecified atom stereocenters. The van der Waals surface area contributed by atoms with E-state index in [1.54, 1.807) is 0 Å². The van der Waals surface area contributed by atoms with Gasteiger partial charge in [0.25, 0.3) is 0 Å². The van der Waals surface area contributed by atoms with Crippen molar-refractivity contribution in [1.82, 2.24) is 0 Å². The second kappa shape index (κ2) is 8.87. The van der Waals surface area contributed by atoms with Crippen LogP contribution >= 0.6 is 12.4 Å². The summed E-state index contributed by atoms with van der Waals surface area (Å²) < 4.78 is 0. The molecule has 0 aliphatic heterocycles. The number of rotatable bonds is 1. The van der Waals surface area contributed by atoms with Gasteiger partial charge >= 0.3 is 36.7 Å². The molecule has 0 spiro atoms. The van der Waals surface area contributed by atoms with E-state index in [4.69, 9.17) is 0 Å². The fraction of sp³-hybridized carbons (Fsp3) is 1.00. The number of hydrogen-bond donors (Lipinski definition) is 0. The molecule has 0 radical (unpaired) electrons. The Morgan fingerprint density at radius 1 is 1.60 bits per heavy atom. The molecule has 0 rings (SSSR count). The molecule has 0 N–H and O–H groups in total. The Balaban J connectivity index is 0. The van der Waals surface area contributed by atoms with Crippen LogP contribution in [0.15, 0.2) is 0 Å². The second-order valence-corrected chi connectivity index (χ2v) is 2.34. The fourth-order valence-corrected chi connectivity index (χ4v) is 0. The van der Waals surface area contributed by atoms with Crippen molar-refractivity contribution in [2.45, 2.75) is 18.4 Å². The van der Waals surface area contributed by atoms with E-state index in [1.165, 1.54) is 29.7 Å². The molecular formula is C3H8ClZn. The summed E-state index contributed by atoms with van der Waals surface area (Å²) >= 11 is 1.47. The summed E-state index contributed by atoms with van der Waals surface area (Å²) in [6.45, 7) is 2.21. The van der Waals surface area contributed by atoms with Crippen LogP contribution in [0.4, 0.5) is 0 Å². The molecule has 0 fully saturated rings. The zero-order valence-electron chi connectivity index (χ0n) is 3.53. The molecule has 5 heavy (non-hydrogen) atoms. The van der Waals surface area contributed by atoms with Gasteiger partial charge in [-0.1, -0.05) is 0 Å². The van der Waals surface area contributed by atoms with E-state index in [2.05, 4.69) is 6.92 Å². The van der Waals surface area contributed by atoms with Crippen molar-refractivity contribution in [2.75, 3.05) is 0 Å². The van der Waals surface area contributed by atoms with Crippen molar-refractivity contribution in [3.63, 3.8) is 0 Å². The van der Waals surface area contributed by atoms with Crippen LogP contribution in [0.25, 0.3) is 0 Å². The molecule has 0 atom stereocenters. The summed E-state index contributed by atoms with van der Waals surface area (Å²) in [5.41, 5.74) is 0. The number of halogens is 1. The molecule has 0 aromatic heterocycles. The minimum atomic E-state index is 0. The van der Waals surface area contributed by atoms with Crippen molar-refractivity contribution in [2.24, 2.45) is 0 Å². The van der Waals surface area contributed by atoms with Crippen LogP contribution in [0.5, 0.6) is 0 Å². The molecule has 0 saturated carbocycles. The summed E-state index contributed by atoms with van der Waals surface area (Å²) in [6, 6.07) is 0. The Kier molecular flexibility index (Phi) is 16.5. The third kappa shape index (κ3) is 11.4. The SMILES string of the molecule is CC[CH2][Zn].Cl. The third-order valence-corrected chi connectivity index (χ3v) is 1.84. The van der Waals surface area contributed by atoms with E-state index in [1.807, 2.05) is 0 Å². The van der Waals surface area contributed by atoms with Gasteiger partial charge in [0, 0.05) is 0 Å².